The first-order valence-corrected chi connectivity index (χ1v) is 10.1. The molecule has 1 amide bonds. The van der Waals surface area contributed by atoms with E-state index in [1.807, 2.05) is 71.7 Å². The second kappa shape index (κ2) is 6.90. The number of hydrogen-bond donors (Lipinski definition) is 1. The van der Waals surface area contributed by atoms with E-state index < -0.39 is 5.54 Å². The number of nitrogens with zero attached hydrogens (tertiary/aromatic N) is 2. The van der Waals surface area contributed by atoms with E-state index in [0.717, 1.165) is 28.2 Å². The molecule has 3 aromatic rings. The SMILES string of the molecule is O=C1Nc2ccccc2CC12CC(c1ccc(Cl)cc1)=NN2c1ccc(Cl)cc1. The Balaban J connectivity index is 1.63. The van der Waals surface area contributed by atoms with Crippen LogP contribution < -0.4 is 10.3 Å². The predicted octanol–water partition coefficient (Wildman–Crippen LogP) is 5.54. The van der Waals surface area contributed by atoms with Crippen molar-refractivity contribution < 1.29 is 4.79 Å². The molecule has 2 aliphatic rings. The zero-order valence-corrected chi connectivity index (χ0v) is 16.9. The highest BCUT2D eigenvalue weighted by Gasteiger charge is 2.52. The van der Waals surface area contributed by atoms with Crippen LogP contribution in [0.1, 0.15) is 17.5 Å². The molecule has 0 aromatic heterocycles. The maximum Gasteiger partial charge on any atom is 0.253 e. The number of hydrazone groups is 1. The van der Waals surface area contributed by atoms with Gasteiger partial charge in [-0.25, -0.2) is 5.01 Å². The van der Waals surface area contributed by atoms with Gasteiger partial charge >= 0.3 is 0 Å². The molecule has 0 saturated heterocycles. The Labute approximate surface area is 178 Å². The Morgan fingerprint density at radius 1 is 0.862 bits per heavy atom. The summed E-state index contributed by atoms with van der Waals surface area (Å²) in [6.07, 6.45) is 1.07. The van der Waals surface area contributed by atoms with Crippen molar-refractivity contribution >= 4 is 46.2 Å². The fourth-order valence-electron chi connectivity index (χ4n) is 4.04. The first-order chi connectivity index (χ1) is 14.0. The molecule has 1 N–H and O–H groups in total. The zero-order chi connectivity index (χ0) is 20.0. The van der Waals surface area contributed by atoms with Gasteiger partial charge in [0, 0.05) is 28.6 Å². The maximum absolute atomic E-state index is 13.4. The molecule has 144 valence electrons. The number of nitrogens with one attached hydrogen (secondary N) is 1. The van der Waals surface area contributed by atoms with Gasteiger partial charge < -0.3 is 5.32 Å². The van der Waals surface area contributed by atoms with Crippen molar-refractivity contribution in [1.82, 2.24) is 0 Å². The van der Waals surface area contributed by atoms with Crippen molar-refractivity contribution in [2.24, 2.45) is 5.10 Å². The van der Waals surface area contributed by atoms with Gasteiger partial charge in [-0.3, -0.25) is 4.79 Å². The van der Waals surface area contributed by atoms with E-state index in [-0.39, 0.29) is 5.91 Å². The molecule has 4 nitrogen and oxygen atoms in total. The van der Waals surface area contributed by atoms with Gasteiger partial charge in [0.15, 0.2) is 5.54 Å². The van der Waals surface area contributed by atoms with Crippen LogP contribution in [-0.2, 0) is 11.2 Å². The lowest BCUT2D eigenvalue weighted by Gasteiger charge is -2.39. The van der Waals surface area contributed by atoms with E-state index in [9.17, 15) is 4.79 Å². The third-order valence-corrected chi connectivity index (χ3v) is 6.01. The van der Waals surface area contributed by atoms with Crippen LogP contribution in [0.3, 0.4) is 0 Å². The van der Waals surface area contributed by atoms with E-state index >= 15 is 0 Å². The van der Waals surface area contributed by atoms with Gasteiger partial charge in [-0.15, -0.1) is 0 Å². The van der Waals surface area contributed by atoms with E-state index in [1.54, 1.807) is 0 Å². The summed E-state index contributed by atoms with van der Waals surface area (Å²) in [5, 5.41) is 11.1. The number of amides is 1. The highest BCUT2D eigenvalue weighted by Crippen LogP contribution is 2.42. The molecule has 1 unspecified atom stereocenters. The summed E-state index contributed by atoms with van der Waals surface area (Å²) < 4.78 is 0. The van der Waals surface area contributed by atoms with Crippen molar-refractivity contribution in [3.05, 3.63) is 94.0 Å². The van der Waals surface area contributed by atoms with Crippen LogP contribution in [0.15, 0.2) is 77.9 Å². The van der Waals surface area contributed by atoms with Crippen LogP contribution in [0.25, 0.3) is 0 Å². The minimum atomic E-state index is -0.836. The number of halogens is 2. The summed E-state index contributed by atoms with van der Waals surface area (Å²) in [4.78, 5) is 13.4. The number of hydrogen-bond acceptors (Lipinski definition) is 3. The third kappa shape index (κ3) is 3.09. The van der Waals surface area contributed by atoms with Crippen molar-refractivity contribution in [1.29, 1.82) is 0 Å². The lowest BCUT2D eigenvalue weighted by Crippen LogP contribution is -2.56. The van der Waals surface area contributed by atoms with Gasteiger partial charge in [0.05, 0.1) is 11.4 Å². The molecule has 0 bridgehead atoms. The topological polar surface area (TPSA) is 44.7 Å². The quantitative estimate of drug-likeness (QED) is 0.589. The van der Waals surface area contributed by atoms with Gasteiger partial charge in [-0.05, 0) is 53.6 Å². The molecule has 2 aliphatic heterocycles. The third-order valence-electron chi connectivity index (χ3n) is 5.51. The lowest BCUT2D eigenvalue weighted by atomic mass is 9.80. The standard InChI is InChI=1S/C23H17Cl2N3O/c24-17-7-5-15(6-8-17)21-14-23(28(27-21)19-11-9-18(25)10-12-19)13-16-3-1-2-4-20(16)26-22(23)29/h1-12H,13-14H2,(H,26,29). The molecule has 2 heterocycles. The predicted molar refractivity (Wildman–Crippen MR) is 118 cm³/mol. The second-order valence-electron chi connectivity index (χ2n) is 7.34. The number of anilines is 2. The second-order valence-corrected chi connectivity index (χ2v) is 8.21. The molecule has 0 saturated carbocycles. The summed E-state index contributed by atoms with van der Waals surface area (Å²) in [6.45, 7) is 0. The van der Waals surface area contributed by atoms with E-state index in [0.29, 0.717) is 22.9 Å². The summed E-state index contributed by atoms with van der Waals surface area (Å²) in [5.74, 6) is -0.0566. The van der Waals surface area contributed by atoms with Gasteiger partial charge in [0.1, 0.15) is 0 Å². The molecular formula is C23H17Cl2N3O. The largest absolute Gasteiger partial charge is 0.324 e. The van der Waals surface area contributed by atoms with Crippen LogP contribution in [0.5, 0.6) is 0 Å². The molecule has 1 spiro atoms. The lowest BCUT2D eigenvalue weighted by molar-refractivity contribution is -0.121. The number of rotatable bonds is 2. The van der Waals surface area contributed by atoms with Crippen molar-refractivity contribution in [2.75, 3.05) is 10.3 Å². The average molecular weight is 422 g/mol. The van der Waals surface area contributed by atoms with Gasteiger partial charge in [0.2, 0.25) is 0 Å². The van der Waals surface area contributed by atoms with Crippen LogP contribution in [0.4, 0.5) is 11.4 Å². The summed E-state index contributed by atoms with van der Waals surface area (Å²) in [7, 11) is 0. The summed E-state index contributed by atoms with van der Waals surface area (Å²) in [6, 6.07) is 22.9. The Bertz CT molecular complexity index is 1130. The van der Waals surface area contributed by atoms with Crippen molar-refractivity contribution in [3.8, 4) is 0 Å². The van der Waals surface area contributed by atoms with Crippen LogP contribution in [0.2, 0.25) is 10.0 Å². The normalized spacial score (nSPS) is 20.4. The van der Waals surface area contributed by atoms with E-state index in [2.05, 4.69) is 11.4 Å². The molecule has 6 heteroatoms. The number of carbonyl (C=O) groups excluding carboxylic acids is 1. The minimum absolute atomic E-state index is 0.0566. The molecule has 1 atom stereocenters. The maximum atomic E-state index is 13.4. The Hall–Kier alpha value is -2.82. The van der Waals surface area contributed by atoms with Gasteiger partial charge in [0.25, 0.3) is 5.91 Å². The van der Waals surface area contributed by atoms with E-state index in [4.69, 9.17) is 28.3 Å². The molecule has 0 fully saturated rings. The van der Waals surface area contributed by atoms with Crippen LogP contribution in [-0.4, -0.2) is 17.2 Å². The first-order valence-electron chi connectivity index (χ1n) is 9.34. The summed E-state index contributed by atoms with van der Waals surface area (Å²) in [5.41, 5.74) is 3.76. The van der Waals surface area contributed by atoms with Crippen LogP contribution >= 0.6 is 23.2 Å². The van der Waals surface area contributed by atoms with Gasteiger partial charge in [-0.1, -0.05) is 53.5 Å². The van der Waals surface area contributed by atoms with Crippen LogP contribution in [0, 0.1) is 0 Å². The fourth-order valence-corrected chi connectivity index (χ4v) is 4.29. The molecule has 5 rings (SSSR count). The molecule has 0 aliphatic carbocycles. The zero-order valence-electron chi connectivity index (χ0n) is 15.4. The molecule has 3 aromatic carbocycles. The Morgan fingerprint density at radius 3 is 2.24 bits per heavy atom. The summed E-state index contributed by atoms with van der Waals surface area (Å²) >= 11 is 12.1. The minimum Gasteiger partial charge on any atom is -0.324 e. The smallest absolute Gasteiger partial charge is 0.253 e. The number of fused-ring (bicyclic) bond motifs is 1. The average Bonchev–Trinajstić information content (AvgIpc) is 3.10. The van der Waals surface area contributed by atoms with Crippen molar-refractivity contribution in [2.45, 2.75) is 18.4 Å². The first kappa shape index (κ1) is 18.2. The van der Waals surface area contributed by atoms with E-state index in [1.165, 1.54) is 0 Å². The number of para-hydroxylation sites is 1. The highest BCUT2D eigenvalue weighted by atomic mass is 35.5. The fraction of sp³-hybridized carbons (Fsp3) is 0.130. The molecule has 0 radical (unpaired) electrons. The monoisotopic (exact) mass is 421 g/mol. The highest BCUT2D eigenvalue weighted by molar-refractivity contribution is 6.31. The number of benzene rings is 3. The number of carbonyl (C=O) groups is 1. The van der Waals surface area contributed by atoms with Gasteiger partial charge in [-0.2, -0.15) is 5.10 Å². The molecular weight excluding hydrogens is 405 g/mol. The molecule has 29 heavy (non-hydrogen) atoms. The van der Waals surface area contributed by atoms with Crippen molar-refractivity contribution in [3.63, 3.8) is 0 Å². The Morgan fingerprint density at radius 2 is 1.52 bits per heavy atom. The Kier molecular flexibility index (Phi) is 4.34.